The van der Waals surface area contributed by atoms with Crippen LogP contribution < -0.4 is 0 Å². The molecule has 0 bridgehead atoms. The lowest BCUT2D eigenvalue weighted by atomic mass is 10.1. The van der Waals surface area contributed by atoms with Gasteiger partial charge in [0.25, 0.3) is 0 Å². The van der Waals surface area contributed by atoms with Crippen LogP contribution in [0.1, 0.15) is 33.7 Å². The summed E-state index contributed by atoms with van der Waals surface area (Å²) in [4.78, 5) is 28.6. The Morgan fingerprint density at radius 2 is 2.28 bits per heavy atom. The molecule has 1 N–H and O–H groups in total. The fourth-order valence-corrected chi connectivity index (χ4v) is 3.29. The number of carboxylic acid groups (broad SMARTS) is 1. The quantitative estimate of drug-likeness (QED) is 0.903. The third-order valence-corrected chi connectivity index (χ3v) is 4.40. The van der Waals surface area contributed by atoms with E-state index in [1.54, 1.807) is 13.8 Å². The van der Waals surface area contributed by atoms with Gasteiger partial charge in [0.05, 0.1) is 10.7 Å². The summed E-state index contributed by atoms with van der Waals surface area (Å²) in [5, 5.41) is 9.83. The molecule has 5 nitrogen and oxygen atoms in total. The number of carbonyl (C=O) groups excluding carboxylic acids is 1. The standard InChI is InChI=1S/C12H16N2O3S/c1-7-11(12(16)17)18-10(13-7)5-9-3-4-14(6-9)8(2)15/h9H,3-6H2,1-2H3,(H,16,17). The van der Waals surface area contributed by atoms with E-state index in [4.69, 9.17) is 5.11 Å². The average molecular weight is 268 g/mol. The van der Waals surface area contributed by atoms with E-state index in [2.05, 4.69) is 4.98 Å². The van der Waals surface area contributed by atoms with Crippen LogP contribution in [-0.4, -0.2) is 40.0 Å². The maximum Gasteiger partial charge on any atom is 0.347 e. The maximum absolute atomic E-state index is 11.2. The van der Waals surface area contributed by atoms with Gasteiger partial charge in [-0.15, -0.1) is 11.3 Å². The van der Waals surface area contributed by atoms with Crippen LogP contribution in [0.15, 0.2) is 0 Å². The van der Waals surface area contributed by atoms with Gasteiger partial charge in [-0.1, -0.05) is 0 Å². The van der Waals surface area contributed by atoms with E-state index in [9.17, 15) is 9.59 Å². The molecule has 1 aromatic heterocycles. The Balaban J connectivity index is 2.01. The summed E-state index contributed by atoms with van der Waals surface area (Å²) in [7, 11) is 0. The van der Waals surface area contributed by atoms with Gasteiger partial charge in [0.1, 0.15) is 4.88 Å². The first-order chi connectivity index (χ1) is 8.47. The highest BCUT2D eigenvalue weighted by atomic mass is 32.1. The van der Waals surface area contributed by atoms with Crippen molar-refractivity contribution in [1.29, 1.82) is 0 Å². The van der Waals surface area contributed by atoms with Crippen molar-refractivity contribution in [1.82, 2.24) is 9.88 Å². The number of carboxylic acids is 1. The lowest BCUT2D eigenvalue weighted by Gasteiger charge is -2.12. The first-order valence-corrected chi connectivity index (χ1v) is 6.74. The van der Waals surface area contributed by atoms with Gasteiger partial charge in [-0.05, 0) is 19.3 Å². The summed E-state index contributed by atoms with van der Waals surface area (Å²) in [5.41, 5.74) is 0.587. The number of aryl methyl sites for hydroxylation is 1. The Morgan fingerprint density at radius 3 is 2.78 bits per heavy atom. The van der Waals surface area contributed by atoms with Crippen molar-refractivity contribution in [3.05, 3.63) is 15.6 Å². The Hall–Kier alpha value is -1.43. The monoisotopic (exact) mass is 268 g/mol. The number of likely N-dealkylation sites (tertiary alicyclic amines) is 1. The minimum Gasteiger partial charge on any atom is -0.477 e. The van der Waals surface area contributed by atoms with Gasteiger partial charge in [0.2, 0.25) is 5.91 Å². The van der Waals surface area contributed by atoms with Crippen LogP contribution in [0.4, 0.5) is 0 Å². The van der Waals surface area contributed by atoms with E-state index >= 15 is 0 Å². The number of thiazole rings is 1. The molecule has 1 atom stereocenters. The van der Waals surface area contributed by atoms with Crippen LogP contribution in [0.2, 0.25) is 0 Å². The number of carbonyl (C=O) groups is 2. The zero-order valence-electron chi connectivity index (χ0n) is 10.5. The van der Waals surface area contributed by atoms with E-state index < -0.39 is 5.97 Å². The Labute approximate surface area is 109 Å². The molecule has 0 radical (unpaired) electrons. The van der Waals surface area contributed by atoms with Crippen molar-refractivity contribution in [2.75, 3.05) is 13.1 Å². The second-order valence-electron chi connectivity index (χ2n) is 4.65. The summed E-state index contributed by atoms with van der Waals surface area (Å²) in [5.74, 6) is -0.395. The Kier molecular flexibility index (Phi) is 3.65. The predicted molar refractivity (Wildman–Crippen MR) is 67.9 cm³/mol. The van der Waals surface area contributed by atoms with Crippen molar-refractivity contribution in [3.63, 3.8) is 0 Å². The van der Waals surface area contributed by atoms with Crippen LogP contribution in [0.25, 0.3) is 0 Å². The zero-order chi connectivity index (χ0) is 13.3. The van der Waals surface area contributed by atoms with Crippen molar-refractivity contribution in [3.8, 4) is 0 Å². The van der Waals surface area contributed by atoms with Crippen LogP contribution in [0.5, 0.6) is 0 Å². The highest BCUT2D eigenvalue weighted by Crippen LogP contribution is 2.25. The van der Waals surface area contributed by atoms with Crippen molar-refractivity contribution < 1.29 is 14.7 Å². The van der Waals surface area contributed by atoms with E-state index in [-0.39, 0.29) is 5.91 Å². The molecule has 6 heteroatoms. The SMILES string of the molecule is CC(=O)N1CCC(Cc2nc(C)c(C(=O)O)s2)C1. The van der Waals surface area contributed by atoms with Gasteiger partial charge in [0.15, 0.2) is 0 Å². The van der Waals surface area contributed by atoms with Crippen LogP contribution in [0.3, 0.4) is 0 Å². The van der Waals surface area contributed by atoms with Crippen LogP contribution >= 0.6 is 11.3 Å². The molecule has 2 heterocycles. The first kappa shape index (κ1) is 13.0. The minimum absolute atomic E-state index is 0.110. The fraction of sp³-hybridized carbons (Fsp3) is 0.583. The summed E-state index contributed by atoms with van der Waals surface area (Å²) < 4.78 is 0. The fourth-order valence-electron chi connectivity index (χ4n) is 2.27. The summed E-state index contributed by atoms with van der Waals surface area (Å²) in [6.07, 6.45) is 1.74. The predicted octanol–water partition coefficient (Wildman–Crippen LogP) is 1.56. The van der Waals surface area contributed by atoms with Crippen LogP contribution in [0, 0.1) is 12.8 Å². The molecule has 0 aliphatic carbocycles. The zero-order valence-corrected chi connectivity index (χ0v) is 11.3. The summed E-state index contributed by atoms with van der Waals surface area (Å²) >= 11 is 1.25. The molecule has 1 aromatic rings. The third kappa shape index (κ3) is 2.69. The number of rotatable bonds is 3. The highest BCUT2D eigenvalue weighted by Gasteiger charge is 2.25. The second kappa shape index (κ2) is 5.06. The van der Waals surface area contributed by atoms with Crippen molar-refractivity contribution in [2.45, 2.75) is 26.7 Å². The molecule has 0 aromatic carbocycles. The Morgan fingerprint density at radius 1 is 1.56 bits per heavy atom. The molecular formula is C12H16N2O3S. The van der Waals surface area contributed by atoms with Gasteiger partial charge in [-0.25, -0.2) is 9.78 Å². The van der Waals surface area contributed by atoms with Gasteiger partial charge in [-0.3, -0.25) is 4.79 Å². The second-order valence-corrected chi connectivity index (χ2v) is 5.73. The number of aromatic carboxylic acids is 1. The number of nitrogens with zero attached hydrogens (tertiary/aromatic N) is 2. The number of hydrogen-bond acceptors (Lipinski definition) is 4. The largest absolute Gasteiger partial charge is 0.477 e. The molecule has 1 unspecified atom stereocenters. The topological polar surface area (TPSA) is 70.5 Å². The van der Waals surface area contributed by atoms with Gasteiger partial charge in [-0.2, -0.15) is 0 Å². The maximum atomic E-state index is 11.2. The number of hydrogen-bond donors (Lipinski definition) is 1. The molecule has 0 saturated carbocycles. The Bertz CT molecular complexity index is 484. The molecule has 1 aliphatic rings. The summed E-state index contributed by atoms with van der Waals surface area (Å²) in [6.45, 7) is 4.87. The number of amides is 1. The molecule has 1 fully saturated rings. The van der Waals surface area contributed by atoms with Crippen molar-refractivity contribution in [2.24, 2.45) is 5.92 Å². The first-order valence-electron chi connectivity index (χ1n) is 5.92. The molecule has 1 saturated heterocycles. The van der Waals surface area contributed by atoms with Gasteiger partial charge >= 0.3 is 5.97 Å². The molecule has 1 aliphatic heterocycles. The van der Waals surface area contributed by atoms with E-state index in [1.165, 1.54) is 11.3 Å². The average Bonchev–Trinajstić information content (AvgIpc) is 2.86. The highest BCUT2D eigenvalue weighted by molar-refractivity contribution is 7.13. The van der Waals surface area contributed by atoms with Crippen molar-refractivity contribution >= 4 is 23.2 Å². The molecular weight excluding hydrogens is 252 g/mol. The molecule has 18 heavy (non-hydrogen) atoms. The molecule has 1 amide bonds. The molecule has 0 spiro atoms. The summed E-state index contributed by atoms with van der Waals surface area (Å²) in [6, 6.07) is 0. The van der Waals surface area contributed by atoms with Crippen LogP contribution in [-0.2, 0) is 11.2 Å². The third-order valence-electron chi connectivity index (χ3n) is 3.23. The number of aromatic nitrogens is 1. The minimum atomic E-state index is -0.909. The lowest BCUT2D eigenvalue weighted by Crippen LogP contribution is -2.26. The van der Waals surface area contributed by atoms with Gasteiger partial charge in [0, 0.05) is 26.4 Å². The van der Waals surface area contributed by atoms with E-state index in [0.29, 0.717) is 16.5 Å². The molecule has 98 valence electrons. The lowest BCUT2D eigenvalue weighted by molar-refractivity contribution is -0.127. The van der Waals surface area contributed by atoms with E-state index in [1.807, 2.05) is 4.90 Å². The smallest absolute Gasteiger partial charge is 0.347 e. The molecule has 2 rings (SSSR count). The van der Waals surface area contributed by atoms with E-state index in [0.717, 1.165) is 30.9 Å². The normalized spacial score (nSPS) is 19.2. The van der Waals surface area contributed by atoms with Gasteiger partial charge < -0.3 is 10.0 Å².